The fourth-order valence-corrected chi connectivity index (χ4v) is 2.49. The van der Waals surface area contributed by atoms with Crippen LogP contribution in [0, 0.1) is 17.0 Å². The van der Waals surface area contributed by atoms with Gasteiger partial charge < -0.3 is 9.84 Å². The summed E-state index contributed by atoms with van der Waals surface area (Å²) >= 11 is 0. The zero-order valence-corrected chi connectivity index (χ0v) is 12.7. The summed E-state index contributed by atoms with van der Waals surface area (Å²) in [6.45, 7) is 1.75. The molecular weight excluding hydrogens is 282 g/mol. The van der Waals surface area contributed by atoms with Crippen molar-refractivity contribution in [3.8, 4) is 11.5 Å². The molecule has 0 fully saturated rings. The van der Waals surface area contributed by atoms with Crippen molar-refractivity contribution in [2.24, 2.45) is 0 Å². The van der Waals surface area contributed by atoms with Crippen molar-refractivity contribution in [3.05, 3.63) is 69.3 Å². The summed E-state index contributed by atoms with van der Waals surface area (Å²) < 4.78 is 5.09. The summed E-state index contributed by atoms with van der Waals surface area (Å²) in [5.74, 6) is -0.105. The summed E-state index contributed by atoms with van der Waals surface area (Å²) in [6, 6.07) is 12.9. The highest BCUT2D eigenvalue weighted by atomic mass is 16.6. The predicted octanol–water partition coefficient (Wildman–Crippen LogP) is 3.31. The number of phenols is 1. The second-order valence-corrected chi connectivity index (χ2v) is 5.30. The molecule has 0 aliphatic heterocycles. The number of para-hydroxylation sites is 1. The average molecular weight is 301 g/mol. The summed E-state index contributed by atoms with van der Waals surface area (Å²) in [4.78, 5) is 10.6. The van der Waals surface area contributed by atoms with Crippen molar-refractivity contribution in [1.29, 1.82) is 0 Å². The largest absolute Gasteiger partial charge is 0.504 e. The lowest BCUT2D eigenvalue weighted by atomic mass is 9.91. The van der Waals surface area contributed by atoms with Gasteiger partial charge >= 0.3 is 0 Å². The minimum absolute atomic E-state index is 0.0241. The number of nitro groups is 1. The van der Waals surface area contributed by atoms with Crippen molar-refractivity contribution >= 4 is 0 Å². The number of aromatic hydroxyl groups is 1. The van der Waals surface area contributed by atoms with E-state index in [0.717, 1.165) is 11.1 Å². The predicted molar refractivity (Wildman–Crippen MR) is 84.1 cm³/mol. The van der Waals surface area contributed by atoms with Gasteiger partial charge in [-0.25, -0.2) is 0 Å². The Labute approximate surface area is 129 Å². The number of methoxy groups -OCH3 is 1. The third kappa shape index (κ3) is 3.75. The molecular formula is C17H19NO4. The highest BCUT2D eigenvalue weighted by Gasteiger charge is 2.23. The summed E-state index contributed by atoms with van der Waals surface area (Å²) in [6.07, 6.45) is 0.488. The van der Waals surface area contributed by atoms with E-state index in [2.05, 4.69) is 0 Å². The standard InChI is InChI=1S/C17H19NO4/c1-12-6-8-13(9-7-12)10-14(11-18(20)21)15-4-3-5-16(22-2)17(15)19/h3-9,14,19H,10-11H2,1-2H3. The minimum atomic E-state index is -0.409. The highest BCUT2D eigenvalue weighted by Crippen LogP contribution is 2.36. The van der Waals surface area contributed by atoms with E-state index in [1.165, 1.54) is 7.11 Å². The van der Waals surface area contributed by atoms with Gasteiger partial charge in [0.15, 0.2) is 11.5 Å². The van der Waals surface area contributed by atoms with Crippen molar-refractivity contribution in [2.45, 2.75) is 19.3 Å². The first-order chi connectivity index (χ1) is 10.5. The van der Waals surface area contributed by atoms with Gasteiger partial charge in [0.2, 0.25) is 6.54 Å². The van der Waals surface area contributed by atoms with Crippen LogP contribution in [0.1, 0.15) is 22.6 Å². The first-order valence-corrected chi connectivity index (χ1v) is 7.04. The number of nitrogens with zero attached hydrogens (tertiary/aromatic N) is 1. The van der Waals surface area contributed by atoms with Crippen LogP contribution in [0.2, 0.25) is 0 Å². The number of hydrogen-bond donors (Lipinski definition) is 1. The molecule has 1 N–H and O–H groups in total. The van der Waals surface area contributed by atoms with Gasteiger partial charge in [0.05, 0.1) is 13.0 Å². The Morgan fingerprint density at radius 2 is 1.91 bits per heavy atom. The first-order valence-electron chi connectivity index (χ1n) is 7.04. The third-order valence-electron chi connectivity index (χ3n) is 3.66. The molecule has 5 heteroatoms. The molecule has 1 unspecified atom stereocenters. The SMILES string of the molecule is COc1cccc(C(Cc2ccc(C)cc2)C[N+](=O)[O-])c1O. The lowest BCUT2D eigenvalue weighted by molar-refractivity contribution is -0.483. The maximum atomic E-state index is 11.0. The second kappa shape index (κ2) is 6.93. The van der Waals surface area contributed by atoms with E-state index in [0.29, 0.717) is 17.7 Å². The Kier molecular flexibility index (Phi) is 4.99. The van der Waals surface area contributed by atoms with E-state index in [1.807, 2.05) is 31.2 Å². The molecule has 2 aromatic carbocycles. The van der Waals surface area contributed by atoms with Gasteiger partial charge in [-0.15, -0.1) is 0 Å². The Morgan fingerprint density at radius 1 is 1.23 bits per heavy atom. The number of benzene rings is 2. The van der Waals surface area contributed by atoms with Crippen LogP contribution in [-0.4, -0.2) is 23.7 Å². The Morgan fingerprint density at radius 3 is 2.50 bits per heavy atom. The average Bonchev–Trinajstić information content (AvgIpc) is 2.49. The zero-order valence-electron chi connectivity index (χ0n) is 12.7. The van der Waals surface area contributed by atoms with Gasteiger partial charge in [0.25, 0.3) is 0 Å². The van der Waals surface area contributed by atoms with E-state index < -0.39 is 5.92 Å². The summed E-state index contributed by atoms with van der Waals surface area (Å²) in [5.41, 5.74) is 2.68. The fraction of sp³-hybridized carbons (Fsp3) is 0.294. The Balaban J connectivity index is 2.33. The molecule has 2 aromatic rings. The van der Waals surface area contributed by atoms with Crippen molar-refractivity contribution in [1.82, 2.24) is 0 Å². The topological polar surface area (TPSA) is 72.6 Å². The molecule has 0 saturated carbocycles. The Bertz CT molecular complexity index is 652. The lowest BCUT2D eigenvalue weighted by Gasteiger charge is -2.16. The molecule has 0 heterocycles. The van der Waals surface area contributed by atoms with Crippen molar-refractivity contribution in [3.63, 3.8) is 0 Å². The van der Waals surface area contributed by atoms with Crippen LogP contribution in [-0.2, 0) is 6.42 Å². The molecule has 0 aromatic heterocycles. The van der Waals surface area contributed by atoms with E-state index in [4.69, 9.17) is 4.74 Å². The van der Waals surface area contributed by atoms with Gasteiger partial charge in [-0.1, -0.05) is 42.0 Å². The van der Waals surface area contributed by atoms with Crippen molar-refractivity contribution in [2.75, 3.05) is 13.7 Å². The van der Waals surface area contributed by atoms with E-state index in [9.17, 15) is 15.2 Å². The quantitative estimate of drug-likeness (QED) is 0.656. The maximum Gasteiger partial charge on any atom is 0.211 e. The molecule has 116 valence electrons. The van der Waals surface area contributed by atoms with E-state index in [1.54, 1.807) is 18.2 Å². The van der Waals surface area contributed by atoms with E-state index >= 15 is 0 Å². The number of hydrogen-bond acceptors (Lipinski definition) is 4. The maximum absolute atomic E-state index is 11.0. The first kappa shape index (κ1) is 15.8. The number of aryl methyl sites for hydroxylation is 1. The number of rotatable bonds is 6. The molecule has 5 nitrogen and oxygen atoms in total. The highest BCUT2D eigenvalue weighted by molar-refractivity contribution is 5.47. The van der Waals surface area contributed by atoms with Gasteiger partial charge in [-0.05, 0) is 25.0 Å². The Hall–Kier alpha value is -2.56. The van der Waals surface area contributed by atoms with Crippen LogP contribution >= 0.6 is 0 Å². The van der Waals surface area contributed by atoms with Crippen LogP contribution in [0.15, 0.2) is 42.5 Å². The monoisotopic (exact) mass is 301 g/mol. The van der Waals surface area contributed by atoms with Crippen molar-refractivity contribution < 1.29 is 14.8 Å². The number of ether oxygens (including phenoxy) is 1. The smallest absolute Gasteiger partial charge is 0.211 e. The van der Waals surface area contributed by atoms with Gasteiger partial charge in [0, 0.05) is 10.5 Å². The van der Waals surface area contributed by atoms with Gasteiger partial charge in [-0.3, -0.25) is 10.1 Å². The molecule has 2 rings (SSSR count). The lowest BCUT2D eigenvalue weighted by Crippen LogP contribution is -2.15. The van der Waals surface area contributed by atoms with Gasteiger partial charge in [0.1, 0.15) is 0 Å². The molecule has 0 radical (unpaired) electrons. The normalized spacial score (nSPS) is 11.9. The molecule has 0 amide bonds. The van der Waals surface area contributed by atoms with Crippen LogP contribution in [0.5, 0.6) is 11.5 Å². The van der Waals surface area contributed by atoms with Crippen LogP contribution in [0.25, 0.3) is 0 Å². The minimum Gasteiger partial charge on any atom is -0.504 e. The zero-order chi connectivity index (χ0) is 16.1. The fourth-order valence-electron chi connectivity index (χ4n) is 2.49. The number of phenolic OH excluding ortho intramolecular Hbond substituents is 1. The molecule has 0 spiro atoms. The third-order valence-corrected chi connectivity index (χ3v) is 3.66. The summed E-state index contributed by atoms with van der Waals surface area (Å²) in [5, 5.41) is 21.2. The van der Waals surface area contributed by atoms with Crippen LogP contribution in [0.4, 0.5) is 0 Å². The van der Waals surface area contributed by atoms with Crippen LogP contribution in [0.3, 0.4) is 0 Å². The molecule has 0 aliphatic rings. The van der Waals surface area contributed by atoms with E-state index in [-0.39, 0.29) is 17.2 Å². The second-order valence-electron chi connectivity index (χ2n) is 5.30. The molecule has 0 bridgehead atoms. The van der Waals surface area contributed by atoms with Crippen LogP contribution < -0.4 is 4.74 Å². The van der Waals surface area contributed by atoms with Gasteiger partial charge in [-0.2, -0.15) is 0 Å². The molecule has 0 saturated heterocycles. The molecule has 1 atom stereocenters. The molecule has 22 heavy (non-hydrogen) atoms. The summed E-state index contributed by atoms with van der Waals surface area (Å²) in [7, 11) is 1.46. The molecule has 0 aliphatic carbocycles.